The van der Waals surface area contributed by atoms with Crippen molar-refractivity contribution in [1.29, 1.82) is 0 Å². The number of aromatic carboxylic acids is 2. The molecule has 5 aromatic rings. The van der Waals surface area contributed by atoms with Crippen LogP contribution in [0.4, 0.5) is 11.4 Å². The highest BCUT2D eigenvalue weighted by Crippen LogP contribution is 2.29. The van der Waals surface area contributed by atoms with Crippen molar-refractivity contribution in [1.82, 2.24) is 30.0 Å². The summed E-state index contributed by atoms with van der Waals surface area (Å²) < 4.78 is 8.19. The fraction of sp³-hybridized carbons (Fsp3) is 0. The molecule has 0 atom stereocenters. The van der Waals surface area contributed by atoms with E-state index >= 15 is 0 Å². The molecular weight excluding hydrogens is 520 g/mol. The van der Waals surface area contributed by atoms with E-state index in [1.165, 1.54) is 33.9 Å². The molecule has 0 fully saturated rings. The molecule has 3 heterocycles. The Labute approximate surface area is 214 Å². The summed E-state index contributed by atoms with van der Waals surface area (Å²) in [6.45, 7) is 0. The third kappa shape index (κ3) is 4.53. The highest BCUT2D eigenvalue weighted by molar-refractivity contribution is 5.93. The van der Waals surface area contributed by atoms with Crippen LogP contribution >= 0.6 is 0 Å². The van der Waals surface area contributed by atoms with Crippen LogP contribution in [-0.4, -0.2) is 62.0 Å². The zero-order chi connectivity index (χ0) is 27.8. The molecule has 0 saturated carbocycles. The van der Waals surface area contributed by atoms with E-state index in [0.29, 0.717) is 0 Å². The van der Waals surface area contributed by atoms with Crippen molar-refractivity contribution in [3.63, 3.8) is 0 Å². The fourth-order valence-electron chi connectivity index (χ4n) is 3.61. The van der Waals surface area contributed by atoms with Crippen molar-refractivity contribution < 1.29 is 34.1 Å². The number of rotatable bonds is 8. The lowest BCUT2D eigenvalue weighted by Crippen LogP contribution is -2.04. The van der Waals surface area contributed by atoms with E-state index in [-0.39, 0.29) is 34.3 Å². The molecular formula is C22H12N8O9. The van der Waals surface area contributed by atoms with E-state index in [4.69, 9.17) is 14.6 Å². The Bertz CT molecular complexity index is 1670. The lowest BCUT2D eigenvalue weighted by Gasteiger charge is -2.02. The van der Waals surface area contributed by atoms with Crippen molar-refractivity contribution in [3.05, 3.63) is 92.3 Å². The number of carboxylic acids is 2. The molecule has 3 aromatic heterocycles. The topological polar surface area (TPSA) is 235 Å². The summed E-state index contributed by atoms with van der Waals surface area (Å²) in [4.78, 5) is 43.4. The molecule has 0 bridgehead atoms. The van der Waals surface area contributed by atoms with Crippen LogP contribution in [0.2, 0.25) is 0 Å². The van der Waals surface area contributed by atoms with Crippen LogP contribution in [0.25, 0.3) is 34.3 Å². The lowest BCUT2D eigenvalue weighted by atomic mass is 10.1. The monoisotopic (exact) mass is 532 g/mol. The van der Waals surface area contributed by atoms with Crippen LogP contribution in [-0.2, 0) is 0 Å². The molecule has 17 nitrogen and oxygen atoms in total. The van der Waals surface area contributed by atoms with Crippen molar-refractivity contribution in [2.45, 2.75) is 0 Å². The largest absolute Gasteiger partial charge is 0.477 e. The van der Waals surface area contributed by atoms with Crippen LogP contribution in [0.5, 0.6) is 0 Å². The van der Waals surface area contributed by atoms with Gasteiger partial charge >= 0.3 is 11.9 Å². The molecule has 0 aliphatic carbocycles. The Morgan fingerprint density at radius 3 is 1.49 bits per heavy atom. The maximum absolute atomic E-state index is 11.3. The zero-order valence-electron chi connectivity index (χ0n) is 19.1. The van der Waals surface area contributed by atoms with Crippen LogP contribution in [0.3, 0.4) is 0 Å². The molecule has 39 heavy (non-hydrogen) atoms. The van der Waals surface area contributed by atoms with Gasteiger partial charge in [0.05, 0.1) is 33.6 Å². The first-order valence-electron chi connectivity index (χ1n) is 10.6. The fourth-order valence-corrected chi connectivity index (χ4v) is 3.61. The van der Waals surface area contributed by atoms with E-state index in [0.717, 1.165) is 24.3 Å². The Morgan fingerprint density at radius 1 is 0.718 bits per heavy atom. The van der Waals surface area contributed by atoms with Gasteiger partial charge in [-0.25, -0.2) is 19.0 Å². The average molecular weight is 532 g/mol. The molecule has 17 heteroatoms. The number of furan rings is 1. The quantitative estimate of drug-likeness (QED) is 0.216. The molecule has 0 amide bonds. The summed E-state index contributed by atoms with van der Waals surface area (Å²) in [5, 5.41) is 56.6. The molecule has 194 valence electrons. The van der Waals surface area contributed by atoms with Gasteiger partial charge in [0.15, 0.2) is 11.5 Å². The minimum absolute atomic E-state index is 0.197. The van der Waals surface area contributed by atoms with E-state index < -0.39 is 44.3 Å². The highest BCUT2D eigenvalue weighted by Gasteiger charge is 2.23. The second-order valence-electron chi connectivity index (χ2n) is 7.79. The van der Waals surface area contributed by atoms with Crippen LogP contribution in [0.1, 0.15) is 20.7 Å². The van der Waals surface area contributed by atoms with E-state index in [1.807, 2.05) is 0 Å². The van der Waals surface area contributed by atoms with Crippen LogP contribution in [0.15, 0.2) is 65.3 Å². The summed E-state index contributed by atoms with van der Waals surface area (Å²) in [6, 6.07) is 10.1. The number of nitro benzene ring substituents is 2. The molecule has 0 radical (unpaired) electrons. The second kappa shape index (κ2) is 9.32. The minimum atomic E-state index is -1.44. The van der Waals surface area contributed by atoms with Crippen LogP contribution < -0.4 is 0 Å². The van der Waals surface area contributed by atoms with Gasteiger partial charge in [-0.2, -0.15) is 0 Å². The highest BCUT2D eigenvalue weighted by atomic mass is 16.6. The molecule has 2 aromatic carbocycles. The molecule has 0 unspecified atom stereocenters. The van der Waals surface area contributed by atoms with Gasteiger partial charge in [-0.15, -0.1) is 10.2 Å². The first kappa shape index (κ1) is 24.4. The molecule has 2 N–H and O–H groups in total. The van der Waals surface area contributed by atoms with Gasteiger partial charge in [-0.1, -0.05) is 10.4 Å². The van der Waals surface area contributed by atoms with Gasteiger partial charge in [0.1, 0.15) is 22.5 Å². The molecule has 0 saturated heterocycles. The zero-order valence-corrected chi connectivity index (χ0v) is 19.1. The maximum Gasteiger partial charge on any atom is 0.342 e. The normalized spacial score (nSPS) is 10.9. The number of nitrogens with zero attached hydrogens (tertiary/aromatic N) is 8. The Kier molecular flexibility index (Phi) is 5.84. The number of carbonyl (C=O) groups is 2. The number of nitro groups is 2. The third-order valence-corrected chi connectivity index (χ3v) is 5.44. The van der Waals surface area contributed by atoms with Crippen molar-refractivity contribution in [2.75, 3.05) is 0 Å². The van der Waals surface area contributed by atoms with Gasteiger partial charge in [-0.3, -0.25) is 20.2 Å². The summed E-state index contributed by atoms with van der Waals surface area (Å²) in [7, 11) is 0. The van der Waals surface area contributed by atoms with Gasteiger partial charge in [0, 0.05) is 12.1 Å². The van der Waals surface area contributed by atoms with Crippen molar-refractivity contribution >= 4 is 23.3 Å². The predicted molar refractivity (Wildman–Crippen MR) is 127 cm³/mol. The smallest absolute Gasteiger partial charge is 0.342 e. The van der Waals surface area contributed by atoms with Crippen LogP contribution in [0, 0.1) is 20.2 Å². The van der Waals surface area contributed by atoms with Gasteiger partial charge in [-0.05, 0) is 36.4 Å². The Hall–Kier alpha value is -6.26. The number of carboxylic acid groups (broad SMARTS) is 2. The summed E-state index contributed by atoms with van der Waals surface area (Å²) >= 11 is 0. The standard InChI is InChI=1S/C22H12N8O9/c31-21(32)13-3-1-11(7-17(13)29(35)36)27-9-15(23-25-27)19-5-6-20(39-19)16-10-28(26-24-16)12-2-4-14(22(33)34)18(8-12)30(37)38/h1-10H,(H,31,32)(H,33,34). The Morgan fingerprint density at radius 2 is 1.13 bits per heavy atom. The van der Waals surface area contributed by atoms with E-state index in [1.54, 1.807) is 12.1 Å². The summed E-state index contributed by atoms with van der Waals surface area (Å²) in [5.74, 6) is -2.38. The number of hydrogen-bond donors (Lipinski definition) is 2. The third-order valence-electron chi connectivity index (χ3n) is 5.44. The number of benzene rings is 2. The van der Waals surface area contributed by atoms with Gasteiger partial charge < -0.3 is 14.6 Å². The predicted octanol–water partition coefficient (Wildman–Crippen LogP) is 2.99. The maximum atomic E-state index is 11.3. The van der Waals surface area contributed by atoms with Crippen molar-refractivity contribution in [3.8, 4) is 34.3 Å². The lowest BCUT2D eigenvalue weighted by molar-refractivity contribution is -0.385. The SMILES string of the molecule is O=C(O)c1ccc(-n2cc(-c3ccc(-c4cn(-c5ccc(C(=O)O)c([N+](=O)[O-])c5)nn4)o3)nn2)cc1[N+](=O)[O-]. The molecule has 0 aliphatic heterocycles. The minimum Gasteiger partial charge on any atom is -0.477 e. The van der Waals surface area contributed by atoms with E-state index in [9.17, 15) is 29.8 Å². The van der Waals surface area contributed by atoms with Gasteiger partial charge in [0.2, 0.25) is 0 Å². The van der Waals surface area contributed by atoms with Crippen molar-refractivity contribution in [2.24, 2.45) is 0 Å². The van der Waals surface area contributed by atoms with E-state index in [2.05, 4.69) is 20.6 Å². The number of hydrogen-bond acceptors (Lipinski definition) is 11. The average Bonchev–Trinajstić information content (AvgIpc) is 3.68. The first-order chi connectivity index (χ1) is 18.6. The Balaban J connectivity index is 1.41. The summed E-state index contributed by atoms with van der Waals surface area (Å²) in [5.41, 5.74) is -1.27. The number of aromatic nitrogens is 6. The molecule has 0 spiro atoms. The second-order valence-corrected chi connectivity index (χ2v) is 7.79. The summed E-state index contributed by atoms with van der Waals surface area (Å²) in [6.07, 6.45) is 2.84. The molecule has 5 rings (SSSR count). The molecule has 0 aliphatic rings. The first-order valence-corrected chi connectivity index (χ1v) is 10.6. The van der Waals surface area contributed by atoms with Gasteiger partial charge in [0.25, 0.3) is 11.4 Å².